The molecule has 0 saturated carbocycles. The summed E-state index contributed by atoms with van der Waals surface area (Å²) in [7, 11) is 0. The van der Waals surface area contributed by atoms with Gasteiger partial charge in [-0.1, -0.05) is 32.0 Å². The third-order valence-corrected chi connectivity index (χ3v) is 3.13. The zero-order valence-corrected chi connectivity index (χ0v) is 12.5. The Hall–Kier alpha value is -2.69. The number of nitrogens with zero attached hydrogens (tertiary/aromatic N) is 2. The number of benzene rings is 2. The second-order valence-corrected chi connectivity index (χ2v) is 5.40. The molecule has 22 heavy (non-hydrogen) atoms. The third kappa shape index (κ3) is 3.69. The molecular weight excluding hydrogens is 280 g/mol. The minimum atomic E-state index is -1.16. The molecule has 5 heteroatoms. The molecule has 0 heterocycles. The number of hydrogen-bond acceptors (Lipinski definition) is 4. The second kappa shape index (κ2) is 6.85. The van der Waals surface area contributed by atoms with Gasteiger partial charge in [0.05, 0.1) is 11.4 Å². The highest BCUT2D eigenvalue weighted by atomic mass is 16.4. The molecule has 0 spiro atoms. The average Bonchev–Trinajstić information content (AvgIpc) is 2.48. The molecule has 5 nitrogen and oxygen atoms in total. The van der Waals surface area contributed by atoms with E-state index >= 15 is 0 Å². The first-order valence-corrected chi connectivity index (χ1v) is 7.04. The van der Waals surface area contributed by atoms with Gasteiger partial charge >= 0.3 is 5.97 Å². The lowest BCUT2D eigenvalue weighted by atomic mass is 9.98. The molecule has 2 aromatic rings. The van der Waals surface area contributed by atoms with E-state index in [2.05, 4.69) is 10.2 Å². The number of rotatable bonds is 5. The Morgan fingerprint density at radius 2 is 1.77 bits per heavy atom. The normalized spacial score (nSPS) is 11.2. The van der Waals surface area contributed by atoms with E-state index in [1.54, 1.807) is 6.07 Å². The monoisotopic (exact) mass is 298 g/mol. The van der Waals surface area contributed by atoms with Crippen LogP contribution in [0.3, 0.4) is 0 Å². The van der Waals surface area contributed by atoms with Crippen LogP contribution in [-0.2, 0) is 6.42 Å². The van der Waals surface area contributed by atoms with Crippen molar-refractivity contribution in [2.45, 2.75) is 20.3 Å². The highest BCUT2D eigenvalue weighted by Crippen LogP contribution is 2.34. The van der Waals surface area contributed by atoms with Crippen molar-refractivity contribution in [3.05, 3.63) is 53.6 Å². The number of carboxylic acids is 1. The summed E-state index contributed by atoms with van der Waals surface area (Å²) < 4.78 is 0. The van der Waals surface area contributed by atoms with E-state index in [9.17, 15) is 9.90 Å². The lowest BCUT2D eigenvalue weighted by molar-refractivity contribution is 0.0693. The van der Waals surface area contributed by atoms with Crippen LogP contribution >= 0.6 is 0 Å². The first-order chi connectivity index (χ1) is 10.5. The summed E-state index contributed by atoms with van der Waals surface area (Å²) in [6, 6.07) is 12.2. The summed E-state index contributed by atoms with van der Waals surface area (Å²) in [4.78, 5) is 11.1. The highest BCUT2D eigenvalue weighted by molar-refractivity contribution is 5.92. The molecule has 0 saturated heterocycles. The van der Waals surface area contributed by atoms with Gasteiger partial charge in [0.25, 0.3) is 0 Å². The smallest absolute Gasteiger partial charge is 0.339 e. The summed E-state index contributed by atoms with van der Waals surface area (Å²) in [6.07, 6.45) is 0.524. The Labute approximate surface area is 129 Å². The maximum absolute atomic E-state index is 11.1. The summed E-state index contributed by atoms with van der Waals surface area (Å²) in [5.41, 5.74) is 1.57. The van der Waals surface area contributed by atoms with Gasteiger partial charge in [-0.2, -0.15) is 10.2 Å². The third-order valence-electron chi connectivity index (χ3n) is 3.13. The molecule has 0 aromatic heterocycles. The van der Waals surface area contributed by atoms with Crippen LogP contribution in [0.25, 0.3) is 0 Å². The van der Waals surface area contributed by atoms with Crippen molar-refractivity contribution in [3.63, 3.8) is 0 Å². The van der Waals surface area contributed by atoms with E-state index in [1.807, 2.05) is 44.2 Å². The van der Waals surface area contributed by atoms with Crippen LogP contribution in [0.1, 0.15) is 29.8 Å². The number of azo groups is 1. The van der Waals surface area contributed by atoms with Gasteiger partial charge in [0, 0.05) is 5.56 Å². The SMILES string of the molecule is CC(C)Cc1c(N=Nc2ccccc2)ccc(C(=O)O)c1O. The van der Waals surface area contributed by atoms with Crippen LogP contribution in [0.15, 0.2) is 52.7 Å². The van der Waals surface area contributed by atoms with Gasteiger partial charge in [0.1, 0.15) is 11.3 Å². The second-order valence-electron chi connectivity index (χ2n) is 5.40. The number of aromatic carboxylic acids is 1. The fourth-order valence-electron chi connectivity index (χ4n) is 2.11. The first-order valence-electron chi connectivity index (χ1n) is 7.04. The summed E-state index contributed by atoms with van der Waals surface area (Å²) in [6.45, 7) is 3.98. The van der Waals surface area contributed by atoms with E-state index in [1.165, 1.54) is 6.07 Å². The number of phenols is 1. The van der Waals surface area contributed by atoms with Crippen LogP contribution in [0.4, 0.5) is 11.4 Å². The molecule has 0 aliphatic heterocycles. The summed E-state index contributed by atoms with van der Waals surface area (Å²) in [5, 5.41) is 27.6. The lowest BCUT2D eigenvalue weighted by Crippen LogP contribution is -2.02. The average molecular weight is 298 g/mol. The number of aromatic hydroxyl groups is 1. The molecular formula is C17H18N2O3. The Morgan fingerprint density at radius 1 is 1.09 bits per heavy atom. The predicted molar refractivity (Wildman–Crippen MR) is 84.2 cm³/mol. The Morgan fingerprint density at radius 3 is 2.36 bits per heavy atom. The van der Waals surface area contributed by atoms with Crippen molar-refractivity contribution in [3.8, 4) is 5.75 Å². The van der Waals surface area contributed by atoms with Crippen molar-refractivity contribution in [2.75, 3.05) is 0 Å². The van der Waals surface area contributed by atoms with Crippen LogP contribution in [-0.4, -0.2) is 16.2 Å². The number of hydrogen-bond donors (Lipinski definition) is 2. The Bertz CT molecular complexity index is 695. The van der Waals surface area contributed by atoms with E-state index in [-0.39, 0.29) is 17.2 Å². The molecule has 114 valence electrons. The van der Waals surface area contributed by atoms with Gasteiger partial charge in [-0.05, 0) is 36.6 Å². The van der Waals surface area contributed by atoms with Crippen LogP contribution in [0.2, 0.25) is 0 Å². The van der Waals surface area contributed by atoms with Crippen molar-refractivity contribution in [1.82, 2.24) is 0 Å². The molecule has 0 radical (unpaired) electrons. The molecule has 0 fully saturated rings. The van der Waals surface area contributed by atoms with Gasteiger partial charge in [-0.15, -0.1) is 0 Å². The van der Waals surface area contributed by atoms with Crippen LogP contribution in [0.5, 0.6) is 5.75 Å². The molecule has 0 unspecified atom stereocenters. The number of carbonyl (C=O) groups is 1. The van der Waals surface area contributed by atoms with Gasteiger partial charge in [-0.25, -0.2) is 4.79 Å². The molecule has 2 N–H and O–H groups in total. The predicted octanol–water partition coefficient (Wildman–Crippen LogP) is 4.70. The van der Waals surface area contributed by atoms with E-state index < -0.39 is 5.97 Å². The van der Waals surface area contributed by atoms with Crippen molar-refractivity contribution in [1.29, 1.82) is 0 Å². The van der Waals surface area contributed by atoms with E-state index in [0.717, 1.165) is 0 Å². The summed E-state index contributed by atoms with van der Waals surface area (Å²) in [5.74, 6) is -1.14. The Balaban J connectivity index is 2.44. The molecule has 2 aromatic carbocycles. The van der Waals surface area contributed by atoms with Crippen molar-refractivity contribution >= 4 is 17.3 Å². The van der Waals surface area contributed by atoms with Crippen molar-refractivity contribution in [2.24, 2.45) is 16.1 Å². The standard InChI is InChI=1S/C17H18N2O3/c1-11(2)10-14-15(9-8-13(16(14)20)17(21)22)19-18-12-6-4-3-5-7-12/h3-9,11,20H,10H2,1-2H3,(H,21,22). The zero-order chi connectivity index (χ0) is 16.1. The maximum Gasteiger partial charge on any atom is 0.339 e. The molecule has 0 aliphatic carbocycles. The quantitative estimate of drug-likeness (QED) is 0.784. The highest BCUT2D eigenvalue weighted by Gasteiger charge is 2.18. The van der Waals surface area contributed by atoms with Gasteiger partial charge < -0.3 is 10.2 Å². The van der Waals surface area contributed by atoms with E-state index in [4.69, 9.17) is 5.11 Å². The van der Waals surface area contributed by atoms with Gasteiger partial charge in [-0.3, -0.25) is 0 Å². The molecule has 2 rings (SSSR count). The molecule has 0 amide bonds. The minimum Gasteiger partial charge on any atom is -0.507 e. The molecule has 0 bridgehead atoms. The molecule has 0 aliphatic rings. The van der Waals surface area contributed by atoms with E-state index in [0.29, 0.717) is 23.4 Å². The fraction of sp³-hybridized carbons (Fsp3) is 0.235. The van der Waals surface area contributed by atoms with Gasteiger partial charge in [0.15, 0.2) is 0 Å². The van der Waals surface area contributed by atoms with Crippen LogP contribution < -0.4 is 0 Å². The Kier molecular flexibility index (Phi) is 4.88. The zero-order valence-electron chi connectivity index (χ0n) is 12.5. The fourth-order valence-corrected chi connectivity index (χ4v) is 2.11. The molecule has 0 atom stereocenters. The van der Waals surface area contributed by atoms with Crippen LogP contribution in [0, 0.1) is 5.92 Å². The minimum absolute atomic E-state index is 0.116. The first kappa shape index (κ1) is 15.7. The lowest BCUT2D eigenvalue weighted by Gasteiger charge is -2.12. The van der Waals surface area contributed by atoms with Crippen molar-refractivity contribution < 1.29 is 15.0 Å². The largest absolute Gasteiger partial charge is 0.507 e. The van der Waals surface area contributed by atoms with Gasteiger partial charge in [0.2, 0.25) is 0 Å². The topological polar surface area (TPSA) is 82.2 Å². The summed E-state index contributed by atoms with van der Waals surface area (Å²) >= 11 is 0. The number of carboxylic acid groups (broad SMARTS) is 1. The maximum atomic E-state index is 11.1.